The SMILES string of the molecule is CCN(CC(=O)Nc1ccc(OC)cc1)C[C@@H](O)c1ccccc1. The van der Waals surface area contributed by atoms with Crippen LogP contribution in [-0.2, 0) is 4.79 Å². The fourth-order valence-electron chi connectivity index (χ4n) is 2.41. The number of rotatable bonds is 8. The number of anilines is 1. The van der Waals surface area contributed by atoms with Gasteiger partial charge in [-0.15, -0.1) is 0 Å². The quantitative estimate of drug-likeness (QED) is 0.782. The van der Waals surface area contributed by atoms with Crippen LogP contribution in [0.2, 0.25) is 0 Å². The second-order valence-corrected chi connectivity index (χ2v) is 5.53. The van der Waals surface area contributed by atoms with E-state index in [2.05, 4.69) is 5.32 Å². The molecule has 1 amide bonds. The fraction of sp³-hybridized carbons (Fsp3) is 0.316. The number of carbonyl (C=O) groups excluding carboxylic acids is 1. The van der Waals surface area contributed by atoms with Gasteiger partial charge in [-0.2, -0.15) is 0 Å². The van der Waals surface area contributed by atoms with Crippen LogP contribution >= 0.6 is 0 Å². The Labute approximate surface area is 142 Å². The Morgan fingerprint density at radius 2 is 1.83 bits per heavy atom. The van der Waals surface area contributed by atoms with Crippen molar-refractivity contribution in [1.29, 1.82) is 0 Å². The Balaban J connectivity index is 1.88. The lowest BCUT2D eigenvalue weighted by atomic mass is 10.1. The van der Waals surface area contributed by atoms with Crippen molar-refractivity contribution in [2.24, 2.45) is 0 Å². The van der Waals surface area contributed by atoms with Gasteiger partial charge in [0.05, 0.1) is 19.8 Å². The van der Waals surface area contributed by atoms with Crippen LogP contribution in [-0.4, -0.2) is 42.7 Å². The molecule has 2 rings (SSSR count). The molecule has 2 aromatic carbocycles. The molecule has 0 saturated heterocycles. The van der Waals surface area contributed by atoms with E-state index in [-0.39, 0.29) is 12.5 Å². The summed E-state index contributed by atoms with van der Waals surface area (Å²) in [4.78, 5) is 14.1. The van der Waals surface area contributed by atoms with Gasteiger partial charge in [0, 0.05) is 12.2 Å². The molecule has 0 unspecified atom stereocenters. The lowest BCUT2D eigenvalue weighted by Gasteiger charge is -2.23. The van der Waals surface area contributed by atoms with Gasteiger partial charge in [-0.3, -0.25) is 9.69 Å². The number of methoxy groups -OCH3 is 1. The van der Waals surface area contributed by atoms with Crippen LogP contribution in [0.25, 0.3) is 0 Å². The predicted molar refractivity (Wildman–Crippen MR) is 95.1 cm³/mol. The molecule has 2 aromatic rings. The molecule has 0 aliphatic carbocycles. The highest BCUT2D eigenvalue weighted by Gasteiger charge is 2.15. The van der Waals surface area contributed by atoms with E-state index in [0.717, 1.165) is 17.0 Å². The first-order valence-electron chi connectivity index (χ1n) is 8.01. The van der Waals surface area contributed by atoms with Crippen LogP contribution < -0.4 is 10.1 Å². The normalized spacial score (nSPS) is 12.0. The lowest BCUT2D eigenvalue weighted by Crippen LogP contribution is -2.36. The second kappa shape index (κ2) is 9.05. The molecule has 128 valence electrons. The van der Waals surface area contributed by atoms with Crippen molar-refractivity contribution in [2.75, 3.05) is 32.1 Å². The highest BCUT2D eigenvalue weighted by Crippen LogP contribution is 2.16. The molecular weight excluding hydrogens is 304 g/mol. The molecule has 0 heterocycles. The maximum Gasteiger partial charge on any atom is 0.238 e. The van der Waals surface area contributed by atoms with Crippen molar-refractivity contribution in [3.8, 4) is 5.75 Å². The Hall–Kier alpha value is -2.37. The van der Waals surface area contributed by atoms with Gasteiger partial charge < -0.3 is 15.2 Å². The number of aliphatic hydroxyl groups is 1. The summed E-state index contributed by atoms with van der Waals surface area (Å²) in [6, 6.07) is 16.7. The number of benzene rings is 2. The van der Waals surface area contributed by atoms with E-state index in [1.54, 1.807) is 31.4 Å². The number of nitrogens with one attached hydrogen (secondary N) is 1. The van der Waals surface area contributed by atoms with Gasteiger partial charge in [0.2, 0.25) is 5.91 Å². The highest BCUT2D eigenvalue weighted by atomic mass is 16.5. The lowest BCUT2D eigenvalue weighted by molar-refractivity contribution is -0.117. The Kier molecular flexibility index (Phi) is 6.78. The van der Waals surface area contributed by atoms with Crippen molar-refractivity contribution in [2.45, 2.75) is 13.0 Å². The molecule has 0 aliphatic rings. The van der Waals surface area contributed by atoms with E-state index < -0.39 is 6.10 Å². The molecular formula is C19H24N2O3. The number of nitrogens with zero attached hydrogens (tertiary/aromatic N) is 1. The highest BCUT2D eigenvalue weighted by molar-refractivity contribution is 5.92. The summed E-state index contributed by atoms with van der Waals surface area (Å²) in [6.45, 7) is 3.29. The monoisotopic (exact) mass is 328 g/mol. The van der Waals surface area contributed by atoms with Gasteiger partial charge in [0.25, 0.3) is 0 Å². The van der Waals surface area contributed by atoms with Gasteiger partial charge in [0.15, 0.2) is 0 Å². The number of likely N-dealkylation sites (N-methyl/N-ethyl adjacent to an activating group) is 1. The van der Waals surface area contributed by atoms with Crippen LogP contribution in [0.15, 0.2) is 54.6 Å². The topological polar surface area (TPSA) is 61.8 Å². The minimum absolute atomic E-state index is 0.109. The van der Waals surface area contributed by atoms with Crippen molar-refractivity contribution >= 4 is 11.6 Å². The Morgan fingerprint density at radius 1 is 1.17 bits per heavy atom. The molecule has 0 saturated carbocycles. The average molecular weight is 328 g/mol. The van der Waals surface area contributed by atoms with Gasteiger partial charge >= 0.3 is 0 Å². The zero-order valence-electron chi connectivity index (χ0n) is 14.1. The largest absolute Gasteiger partial charge is 0.497 e. The number of hydrogen-bond acceptors (Lipinski definition) is 4. The van der Waals surface area contributed by atoms with E-state index in [1.807, 2.05) is 42.2 Å². The molecule has 0 fully saturated rings. The summed E-state index contributed by atoms with van der Waals surface area (Å²) in [5.74, 6) is 0.636. The summed E-state index contributed by atoms with van der Waals surface area (Å²) in [7, 11) is 1.60. The smallest absolute Gasteiger partial charge is 0.238 e. The molecule has 1 atom stereocenters. The summed E-state index contributed by atoms with van der Waals surface area (Å²) in [5.41, 5.74) is 1.58. The van der Waals surface area contributed by atoms with E-state index in [4.69, 9.17) is 4.74 Å². The Morgan fingerprint density at radius 3 is 2.42 bits per heavy atom. The van der Waals surface area contributed by atoms with Crippen LogP contribution in [0.4, 0.5) is 5.69 Å². The fourth-order valence-corrected chi connectivity index (χ4v) is 2.41. The first-order valence-corrected chi connectivity index (χ1v) is 8.01. The number of carbonyl (C=O) groups is 1. The third kappa shape index (κ3) is 5.37. The molecule has 2 N–H and O–H groups in total. The third-order valence-electron chi connectivity index (χ3n) is 3.80. The summed E-state index contributed by atoms with van der Waals surface area (Å²) >= 11 is 0. The van der Waals surface area contributed by atoms with E-state index in [9.17, 15) is 9.90 Å². The van der Waals surface area contributed by atoms with Crippen molar-refractivity contribution in [3.05, 3.63) is 60.2 Å². The molecule has 0 aliphatic heterocycles. The number of hydrogen-bond donors (Lipinski definition) is 2. The number of aliphatic hydroxyl groups excluding tert-OH is 1. The van der Waals surface area contributed by atoms with Gasteiger partial charge in [-0.05, 0) is 36.4 Å². The summed E-state index contributed by atoms with van der Waals surface area (Å²) in [6.07, 6.45) is -0.611. The van der Waals surface area contributed by atoms with Gasteiger partial charge in [-0.25, -0.2) is 0 Å². The minimum atomic E-state index is -0.611. The van der Waals surface area contributed by atoms with E-state index >= 15 is 0 Å². The summed E-state index contributed by atoms with van der Waals surface area (Å²) < 4.78 is 5.09. The second-order valence-electron chi connectivity index (χ2n) is 5.53. The number of ether oxygens (including phenoxy) is 1. The van der Waals surface area contributed by atoms with E-state index in [0.29, 0.717) is 13.1 Å². The maximum atomic E-state index is 12.2. The van der Waals surface area contributed by atoms with Crippen molar-refractivity contribution < 1.29 is 14.6 Å². The van der Waals surface area contributed by atoms with E-state index in [1.165, 1.54) is 0 Å². The average Bonchev–Trinajstić information content (AvgIpc) is 2.62. The predicted octanol–water partition coefficient (Wildman–Crippen LogP) is 2.69. The molecule has 0 bridgehead atoms. The standard InChI is InChI=1S/C19H24N2O3/c1-3-21(13-18(22)15-7-5-4-6-8-15)14-19(23)20-16-9-11-17(24-2)12-10-16/h4-12,18,22H,3,13-14H2,1-2H3,(H,20,23)/t18-/m1/s1. The molecule has 0 spiro atoms. The van der Waals surface area contributed by atoms with Crippen molar-refractivity contribution in [3.63, 3.8) is 0 Å². The van der Waals surface area contributed by atoms with Crippen LogP contribution in [0, 0.1) is 0 Å². The molecule has 24 heavy (non-hydrogen) atoms. The van der Waals surface area contributed by atoms with Crippen LogP contribution in [0.1, 0.15) is 18.6 Å². The van der Waals surface area contributed by atoms with Crippen LogP contribution in [0.5, 0.6) is 5.75 Å². The third-order valence-corrected chi connectivity index (χ3v) is 3.80. The van der Waals surface area contributed by atoms with Crippen molar-refractivity contribution in [1.82, 2.24) is 4.90 Å². The van der Waals surface area contributed by atoms with Gasteiger partial charge in [0.1, 0.15) is 5.75 Å². The Bertz CT molecular complexity index is 629. The van der Waals surface area contributed by atoms with Crippen LogP contribution in [0.3, 0.4) is 0 Å². The van der Waals surface area contributed by atoms with Gasteiger partial charge in [-0.1, -0.05) is 37.3 Å². The molecule has 0 radical (unpaired) electrons. The maximum absolute atomic E-state index is 12.2. The molecule has 5 nitrogen and oxygen atoms in total. The first-order chi connectivity index (χ1) is 11.6. The molecule has 0 aromatic heterocycles. The first kappa shape index (κ1) is 18.0. The minimum Gasteiger partial charge on any atom is -0.497 e. The zero-order chi connectivity index (χ0) is 17.4. The number of amides is 1. The summed E-state index contributed by atoms with van der Waals surface area (Å²) in [5, 5.41) is 13.1. The molecule has 5 heteroatoms. The zero-order valence-corrected chi connectivity index (χ0v) is 14.1.